The van der Waals surface area contributed by atoms with Crippen LogP contribution in [0.15, 0.2) is 78.1 Å². The fraction of sp³-hybridized carbons (Fsp3) is 0.154. The lowest BCUT2D eigenvalue weighted by Crippen LogP contribution is -2.25. The van der Waals surface area contributed by atoms with E-state index in [4.69, 9.17) is 10.5 Å². The minimum atomic E-state index is -0.643. The Bertz CT molecular complexity index is 1660. The first-order valence-corrected chi connectivity index (χ1v) is 11.9. The lowest BCUT2D eigenvalue weighted by Gasteiger charge is -2.13. The molecule has 5 rings (SSSR count). The van der Waals surface area contributed by atoms with E-state index in [9.17, 15) is 9.59 Å². The van der Waals surface area contributed by atoms with Crippen LogP contribution in [0.1, 0.15) is 27.0 Å². The molecule has 5 aromatic rings. The summed E-state index contributed by atoms with van der Waals surface area (Å²) < 4.78 is 24.6. The number of carbonyl (C=O) groups is 1. The SMILES string of the molecule is COc1ccc(-n2cnnn2)c(CNC(=O)c2cn(Cc3ccc(Cn4ccccc4=O)cc3)nc2N)c1F. The van der Waals surface area contributed by atoms with E-state index in [0.29, 0.717) is 18.8 Å². The van der Waals surface area contributed by atoms with Crippen LogP contribution in [-0.2, 0) is 19.6 Å². The van der Waals surface area contributed by atoms with E-state index in [-0.39, 0.29) is 34.8 Å². The van der Waals surface area contributed by atoms with Crippen LogP contribution in [0.25, 0.3) is 5.69 Å². The van der Waals surface area contributed by atoms with E-state index in [0.717, 1.165) is 11.1 Å². The number of anilines is 1. The molecule has 12 nitrogen and oxygen atoms in total. The lowest BCUT2D eigenvalue weighted by atomic mass is 10.1. The maximum atomic E-state index is 15.1. The van der Waals surface area contributed by atoms with Crippen molar-refractivity contribution in [3.05, 3.63) is 112 Å². The Morgan fingerprint density at radius 3 is 2.54 bits per heavy atom. The highest BCUT2D eigenvalue weighted by Crippen LogP contribution is 2.26. The number of aromatic nitrogens is 7. The Kier molecular flexibility index (Phi) is 7.12. The van der Waals surface area contributed by atoms with Crippen molar-refractivity contribution in [2.24, 2.45) is 0 Å². The molecule has 2 aromatic carbocycles. The number of amides is 1. The number of pyridine rings is 1. The molecular formula is C26H24FN9O3. The lowest BCUT2D eigenvalue weighted by molar-refractivity contribution is 0.0951. The first kappa shape index (κ1) is 25.3. The second-order valence-electron chi connectivity index (χ2n) is 8.63. The normalized spacial score (nSPS) is 10.9. The van der Waals surface area contributed by atoms with E-state index >= 15 is 4.39 Å². The van der Waals surface area contributed by atoms with Crippen LogP contribution >= 0.6 is 0 Å². The van der Waals surface area contributed by atoms with Gasteiger partial charge in [0.25, 0.3) is 11.5 Å². The van der Waals surface area contributed by atoms with Gasteiger partial charge in [0, 0.05) is 30.6 Å². The molecule has 0 aliphatic carbocycles. The number of carbonyl (C=O) groups excluding carboxylic acids is 1. The third-order valence-electron chi connectivity index (χ3n) is 6.08. The number of nitrogens with two attached hydrogens (primary N) is 1. The highest BCUT2D eigenvalue weighted by molar-refractivity contribution is 5.98. The molecule has 3 heterocycles. The van der Waals surface area contributed by atoms with Gasteiger partial charge < -0.3 is 20.4 Å². The zero-order valence-corrected chi connectivity index (χ0v) is 20.9. The molecule has 3 N–H and O–H groups in total. The van der Waals surface area contributed by atoms with E-state index in [2.05, 4.69) is 25.9 Å². The molecule has 0 aliphatic rings. The second-order valence-corrected chi connectivity index (χ2v) is 8.63. The van der Waals surface area contributed by atoms with Crippen molar-refractivity contribution < 1.29 is 13.9 Å². The molecule has 198 valence electrons. The summed E-state index contributed by atoms with van der Waals surface area (Å²) in [6.07, 6.45) is 4.60. The van der Waals surface area contributed by atoms with Crippen LogP contribution < -0.4 is 21.3 Å². The van der Waals surface area contributed by atoms with Gasteiger partial charge in [-0.05, 0) is 39.8 Å². The fourth-order valence-electron chi connectivity index (χ4n) is 4.08. The number of nitrogen functional groups attached to an aromatic ring is 1. The number of nitrogens with zero attached hydrogens (tertiary/aromatic N) is 7. The molecule has 3 aromatic heterocycles. The van der Waals surface area contributed by atoms with Gasteiger partial charge in [-0.25, -0.2) is 9.07 Å². The minimum absolute atomic E-state index is 0.0188. The maximum Gasteiger partial charge on any atom is 0.256 e. The Balaban J connectivity index is 1.27. The van der Waals surface area contributed by atoms with Gasteiger partial charge in [0.05, 0.1) is 25.9 Å². The van der Waals surface area contributed by atoms with Crippen molar-refractivity contribution in [2.45, 2.75) is 19.6 Å². The quantitative estimate of drug-likeness (QED) is 0.294. The third-order valence-corrected chi connectivity index (χ3v) is 6.08. The first-order valence-electron chi connectivity index (χ1n) is 11.9. The highest BCUT2D eigenvalue weighted by Gasteiger charge is 2.19. The summed E-state index contributed by atoms with van der Waals surface area (Å²) in [5, 5.41) is 17.9. The van der Waals surface area contributed by atoms with Crippen molar-refractivity contribution in [2.75, 3.05) is 12.8 Å². The standard InChI is InChI=1S/C26H24FN9O3/c1-39-22-10-9-21(36-16-30-32-33-36)19(24(22)27)12-29-26(38)20-15-35(31-25(20)28)14-18-7-5-17(6-8-18)13-34-11-3-2-4-23(34)37/h2-11,15-16H,12-14H2,1H3,(H2,28,31)(H,29,38). The van der Waals surface area contributed by atoms with E-state index in [1.165, 1.54) is 36.4 Å². The summed E-state index contributed by atoms with van der Waals surface area (Å²) >= 11 is 0. The molecule has 0 spiro atoms. The van der Waals surface area contributed by atoms with Gasteiger partial charge in [-0.1, -0.05) is 30.3 Å². The summed E-state index contributed by atoms with van der Waals surface area (Å²) in [6, 6.07) is 15.8. The third kappa shape index (κ3) is 5.51. The van der Waals surface area contributed by atoms with Crippen LogP contribution in [0.5, 0.6) is 5.75 Å². The zero-order chi connectivity index (χ0) is 27.4. The average Bonchev–Trinajstić information content (AvgIpc) is 3.60. The molecule has 0 atom stereocenters. The molecule has 0 fully saturated rings. The first-order chi connectivity index (χ1) is 18.9. The maximum absolute atomic E-state index is 15.1. The van der Waals surface area contributed by atoms with Crippen LogP contribution in [0.2, 0.25) is 0 Å². The predicted molar refractivity (Wildman–Crippen MR) is 139 cm³/mol. The van der Waals surface area contributed by atoms with E-state index in [1.807, 2.05) is 30.3 Å². The average molecular weight is 530 g/mol. The molecule has 0 bridgehead atoms. The number of nitrogens with one attached hydrogen (secondary N) is 1. The van der Waals surface area contributed by atoms with Crippen molar-refractivity contribution in [3.63, 3.8) is 0 Å². The summed E-state index contributed by atoms with van der Waals surface area (Å²) in [7, 11) is 1.35. The van der Waals surface area contributed by atoms with E-state index in [1.54, 1.807) is 27.6 Å². The molecular weight excluding hydrogens is 505 g/mol. The molecule has 0 saturated carbocycles. The number of rotatable bonds is 9. The largest absolute Gasteiger partial charge is 0.494 e. The predicted octanol–water partition coefficient (Wildman–Crippen LogP) is 1.78. The molecule has 13 heteroatoms. The molecule has 1 amide bonds. The summed E-state index contributed by atoms with van der Waals surface area (Å²) in [5.41, 5.74) is 8.49. The monoisotopic (exact) mass is 529 g/mol. The van der Waals surface area contributed by atoms with Crippen molar-refractivity contribution in [3.8, 4) is 11.4 Å². The Hall–Kier alpha value is -5.33. The van der Waals surface area contributed by atoms with Gasteiger partial charge in [0.1, 0.15) is 11.9 Å². The van der Waals surface area contributed by atoms with Gasteiger partial charge in [-0.15, -0.1) is 5.10 Å². The minimum Gasteiger partial charge on any atom is -0.494 e. The van der Waals surface area contributed by atoms with E-state index < -0.39 is 11.7 Å². The van der Waals surface area contributed by atoms with Gasteiger partial charge >= 0.3 is 0 Å². The van der Waals surface area contributed by atoms with Crippen molar-refractivity contribution >= 4 is 11.7 Å². The topological polar surface area (TPSA) is 148 Å². The number of methoxy groups -OCH3 is 1. The van der Waals surface area contributed by atoms with Crippen molar-refractivity contribution in [1.29, 1.82) is 0 Å². The number of ether oxygens (including phenoxy) is 1. The summed E-state index contributed by atoms with van der Waals surface area (Å²) in [6.45, 7) is 0.659. The second kappa shape index (κ2) is 11.0. The zero-order valence-electron chi connectivity index (χ0n) is 20.9. The number of hydrogen-bond acceptors (Lipinski definition) is 8. The number of hydrogen-bond donors (Lipinski definition) is 2. The molecule has 0 radical (unpaired) electrons. The summed E-state index contributed by atoms with van der Waals surface area (Å²) in [4.78, 5) is 24.9. The van der Waals surface area contributed by atoms with Crippen molar-refractivity contribution in [1.82, 2.24) is 39.9 Å². The molecule has 0 unspecified atom stereocenters. The van der Waals surface area contributed by atoms with Crippen LogP contribution in [0.4, 0.5) is 10.2 Å². The van der Waals surface area contributed by atoms with Gasteiger partial charge in [-0.3, -0.25) is 14.3 Å². The van der Waals surface area contributed by atoms with Gasteiger partial charge in [0.2, 0.25) is 0 Å². The van der Waals surface area contributed by atoms with Crippen LogP contribution in [0, 0.1) is 5.82 Å². The number of halogens is 1. The van der Waals surface area contributed by atoms with Crippen LogP contribution in [-0.4, -0.2) is 47.6 Å². The fourth-order valence-corrected chi connectivity index (χ4v) is 4.08. The highest BCUT2D eigenvalue weighted by atomic mass is 19.1. The Morgan fingerprint density at radius 2 is 1.85 bits per heavy atom. The molecule has 0 saturated heterocycles. The smallest absolute Gasteiger partial charge is 0.256 e. The van der Waals surface area contributed by atoms with Gasteiger partial charge in [0.15, 0.2) is 17.4 Å². The summed E-state index contributed by atoms with van der Waals surface area (Å²) in [5.74, 6) is -1.10. The van der Waals surface area contributed by atoms with Crippen LogP contribution in [0.3, 0.4) is 0 Å². The Morgan fingerprint density at radius 1 is 1.08 bits per heavy atom. The molecule has 0 aliphatic heterocycles. The van der Waals surface area contributed by atoms with Gasteiger partial charge in [-0.2, -0.15) is 5.10 Å². The molecule has 39 heavy (non-hydrogen) atoms. The number of tetrazole rings is 1. The Labute approximate surface area is 221 Å². The number of benzene rings is 2.